The zero-order valence-electron chi connectivity index (χ0n) is 10.4. The van der Waals surface area contributed by atoms with Crippen molar-refractivity contribution < 1.29 is 9.47 Å². The smallest absolute Gasteiger partial charge is 0.161 e. The Morgan fingerprint density at radius 2 is 1.67 bits per heavy atom. The second-order valence-corrected chi connectivity index (χ2v) is 5.43. The Kier molecular flexibility index (Phi) is 3.36. The average molecular weight is 212 g/mol. The Bertz CT molecular complexity index is 217. The highest BCUT2D eigenvalue weighted by molar-refractivity contribution is 4.84. The molecule has 15 heavy (non-hydrogen) atoms. The SMILES string of the molecule is CCC1CC2CC(C)C(C)OC2OC1C. The fourth-order valence-electron chi connectivity index (χ4n) is 2.99. The summed E-state index contributed by atoms with van der Waals surface area (Å²) in [5.74, 6) is 2.05. The predicted octanol–water partition coefficient (Wildman–Crippen LogP) is 3.21. The van der Waals surface area contributed by atoms with E-state index in [9.17, 15) is 0 Å². The molecule has 0 aliphatic carbocycles. The van der Waals surface area contributed by atoms with Crippen LogP contribution in [0.4, 0.5) is 0 Å². The molecule has 2 nitrogen and oxygen atoms in total. The van der Waals surface area contributed by atoms with Crippen molar-refractivity contribution in [3.8, 4) is 0 Å². The summed E-state index contributed by atoms with van der Waals surface area (Å²) < 4.78 is 11.9. The topological polar surface area (TPSA) is 18.5 Å². The van der Waals surface area contributed by atoms with Crippen LogP contribution in [0.2, 0.25) is 0 Å². The maximum atomic E-state index is 5.99. The summed E-state index contributed by atoms with van der Waals surface area (Å²) >= 11 is 0. The molecule has 0 radical (unpaired) electrons. The van der Waals surface area contributed by atoms with Crippen LogP contribution < -0.4 is 0 Å². The highest BCUT2D eigenvalue weighted by Crippen LogP contribution is 2.40. The third-order valence-electron chi connectivity index (χ3n) is 4.35. The Hall–Kier alpha value is -0.0800. The Labute approximate surface area is 93.3 Å². The van der Waals surface area contributed by atoms with E-state index in [2.05, 4.69) is 27.7 Å². The molecule has 0 N–H and O–H groups in total. The highest BCUT2D eigenvalue weighted by atomic mass is 16.7. The van der Waals surface area contributed by atoms with Crippen LogP contribution in [0.1, 0.15) is 47.0 Å². The lowest BCUT2D eigenvalue weighted by molar-refractivity contribution is -0.278. The molecule has 2 heterocycles. The molecule has 2 heteroatoms. The molecule has 0 spiro atoms. The number of hydrogen-bond acceptors (Lipinski definition) is 2. The molecule has 2 saturated heterocycles. The van der Waals surface area contributed by atoms with Crippen molar-refractivity contribution in [1.29, 1.82) is 0 Å². The van der Waals surface area contributed by atoms with Crippen LogP contribution in [0.3, 0.4) is 0 Å². The quantitative estimate of drug-likeness (QED) is 0.664. The largest absolute Gasteiger partial charge is 0.349 e. The van der Waals surface area contributed by atoms with Gasteiger partial charge < -0.3 is 9.47 Å². The summed E-state index contributed by atoms with van der Waals surface area (Å²) in [6.07, 6.45) is 4.60. The first-order valence-electron chi connectivity index (χ1n) is 6.42. The van der Waals surface area contributed by atoms with E-state index >= 15 is 0 Å². The van der Waals surface area contributed by atoms with Crippen molar-refractivity contribution in [3.05, 3.63) is 0 Å². The molecule has 0 amide bonds. The minimum absolute atomic E-state index is 0.0778. The summed E-state index contributed by atoms with van der Waals surface area (Å²) in [5.41, 5.74) is 0. The molecule has 0 aromatic heterocycles. The van der Waals surface area contributed by atoms with Gasteiger partial charge in [0.15, 0.2) is 6.29 Å². The lowest BCUT2D eigenvalue weighted by atomic mass is 9.79. The van der Waals surface area contributed by atoms with E-state index in [4.69, 9.17) is 9.47 Å². The lowest BCUT2D eigenvalue weighted by Gasteiger charge is -2.46. The molecule has 2 aliphatic heterocycles. The Morgan fingerprint density at radius 3 is 2.33 bits per heavy atom. The first kappa shape index (κ1) is 11.4. The van der Waals surface area contributed by atoms with E-state index in [0.29, 0.717) is 24.0 Å². The third-order valence-corrected chi connectivity index (χ3v) is 4.35. The van der Waals surface area contributed by atoms with E-state index in [1.165, 1.54) is 19.3 Å². The highest BCUT2D eigenvalue weighted by Gasteiger charge is 2.41. The molecular weight excluding hydrogens is 188 g/mol. The van der Waals surface area contributed by atoms with Crippen molar-refractivity contribution in [2.24, 2.45) is 17.8 Å². The maximum Gasteiger partial charge on any atom is 0.161 e. The molecule has 0 saturated carbocycles. The second kappa shape index (κ2) is 4.42. The third kappa shape index (κ3) is 2.21. The van der Waals surface area contributed by atoms with Crippen LogP contribution in [0, 0.1) is 17.8 Å². The first-order valence-corrected chi connectivity index (χ1v) is 6.42. The molecule has 0 aromatic carbocycles. The standard InChI is InChI=1S/C13H24O2/c1-5-11-7-12-6-8(2)9(3)14-13(12)15-10(11)4/h8-13H,5-7H2,1-4H3. The Morgan fingerprint density at radius 1 is 1.00 bits per heavy atom. The lowest BCUT2D eigenvalue weighted by Crippen LogP contribution is -2.47. The number of fused-ring (bicyclic) bond motifs is 1. The molecular formula is C13H24O2. The van der Waals surface area contributed by atoms with E-state index in [1.54, 1.807) is 0 Å². The van der Waals surface area contributed by atoms with Crippen molar-refractivity contribution in [3.63, 3.8) is 0 Å². The van der Waals surface area contributed by atoms with Crippen molar-refractivity contribution >= 4 is 0 Å². The van der Waals surface area contributed by atoms with E-state index in [0.717, 1.165) is 5.92 Å². The summed E-state index contributed by atoms with van der Waals surface area (Å²) in [6.45, 7) is 8.91. The minimum Gasteiger partial charge on any atom is -0.349 e. The monoisotopic (exact) mass is 212 g/mol. The normalized spacial score (nSPS) is 51.2. The molecule has 88 valence electrons. The summed E-state index contributed by atoms with van der Waals surface area (Å²) in [6, 6.07) is 0. The van der Waals surface area contributed by atoms with Gasteiger partial charge in [-0.2, -0.15) is 0 Å². The molecule has 6 atom stereocenters. The summed E-state index contributed by atoms with van der Waals surface area (Å²) in [7, 11) is 0. The van der Waals surface area contributed by atoms with Gasteiger partial charge in [0.1, 0.15) is 0 Å². The fourth-order valence-corrected chi connectivity index (χ4v) is 2.99. The van der Waals surface area contributed by atoms with Crippen LogP contribution in [0.15, 0.2) is 0 Å². The van der Waals surface area contributed by atoms with Gasteiger partial charge in [-0.1, -0.05) is 20.3 Å². The first-order chi connectivity index (χ1) is 7.11. The Balaban J connectivity index is 2.01. The number of ether oxygens (including phenoxy) is 2. The van der Waals surface area contributed by atoms with E-state index < -0.39 is 0 Å². The molecule has 2 fully saturated rings. The van der Waals surface area contributed by atoms with Crippen molar-refractivity contribution in [2.45, 2.75) is 65.5 Å². The maximum absolute atomic E-state index is 5.99. The fraction of sp³-hybridized carbons (Fsp3) is 1.00. The van der Waals surface area contributed by atoms with Crippen molar-refractivity contribution in [1.82, 2.24) is 0 Å². The van der Waals surface area contributed by atoms with Gasteiger partial charge in [0.25, 0.3) is 0 Å². The number of rotatable bonds is 1. The summed E-state index contributed by atoms with van der Waals surface area (Å²) in [5, 5.41) is 0. The van der Waals surface area contributed by atoms with Crippen LogP contribution in [-0.4, -0.2) is 18.5 Å². The molecule has 2 rings (SSSR count). The predicted molar refractivity (Wildman–Crippen MR) is 60.6 cm³/mol. The van der Waals surface area contributed by atoms with Gasteiger partial charge in [0, 0.05) is 5.92 Å². The zero-order valence-corrected chi connectivity index (χ0v) is 10.4. The van der Waals surface area contributed by atoms with Gasteiger partial charge in [-0.3, -0.25) is 0 Å². The average Bonchev–Trinajstić information content (AvgIpc) is 2.20. The van der Waals surface area contributed by atoms with Gasteiger partial charge in [0.05, 0.1) is 12.2 Å². The molecule has 0 bridgehead atoms. The van der Waals surface area contributed by atoms with E-state index in [1.807, 2.05) is 0 Å². The van der Waals surface area contributed by atoms with Crippen LogP contribution >= 0.6 is 0 Å². The molecule has 6 unspecified atom stereocenters. The van der Waals surface area contributed by atoms with Crippen LogP contribution in [-0.2, 0) is 9.47 Å². The molecule has 0 aromatic rings. The number of hydrogen-bond donors (Lipinski definition) is 0. The zero-order chi connectivity index (χ0) is 11.0. The van der Waals surface area contributed by atoms with Gasteiger partial charge in [-0.05, 0) is 38.5 Å². The van der Waals surface area contributed by atoms with Crippen LogP contribution in [0.5, 0.6) is 0 Å². The van der Waals surface area contributed by atoms with Crippen molar-refractivity contribution in [2.75, 3.05) is 0 Å². The van der Waals surface area contributed by atoms with Gasteiger partial charge in [-0.15, -0.1) is 0 Å². The van der Waals surface area contributed by atoms with E-state index in [-0.39, 0.29) is 6.29 Å². The van der Waals surface area contributed by atoms with Gasteiger partial charge >= 0.3 is 0 Å². The van der Waals surface area contributed by atoms with Crippen LogP contribution in [0.25, 0.3) is 0 Å². The second-order valence-electron chi connectivity index (χ2n) is 5.43. The summed E-state index contributed by atoms with van der Waals surface area (Å²) in [4.78, 5) is 0. The molecule has 2 aliphatic rings. The van der Waals surface area contributed by atoms with Gasteiger partial charge in [0.2, 0.25) is 0 Å². The van der Waals surface area contributed by atoms with Gasteiger partial charge in [-0.25, -0.2) is 0 Å². The minimum atomic E-state index is 0.0778.